The second-order valence-electron chi connectivity index (χ2n) is 6.38. The Morgan fingerprint density at radius 1 is 1.33 bits per heavy atom. The summed E-state index contributed by atoms with van der Waals surface area (Å²) in [4.78, 5) is 13.0. The lowest BCUT2D eigenvalue weighted by Crippen LogP contribution is -2.31. The van der Waals surface area contributed by atoms with Crippen molar-refractivity contribution in [1.29, 1.82) is 0 Å². The van der Waals surface area contributed by atoms with E-state index in [0.29, 0.717) is 22.0 Å². The van der Waals surface area contributed by atoms with E-state index in [4.69, 9.17) is 16.3 Å². The van der Waals surface area contributed by atoms with E-state index in [9.17, 15) is 4.79 Å². The number of nitrogens with zero attached hydrogens (tertiary/aromatic N) is 4. The summed E-state index contributed by atoms with van der Waals surface area (Å²) in [5, 5.41) is 14.5. The van der Waals surface area contributed by atoms with Crippen LogP contribution in [0.5, 0.6) is 5.75 Å². The quantitative estimate of drug-likeness (QED) is 0.748. The maximum atomic E-state index is 13.0. The van der Waals surface area contributed by atoms with Crippen LogP contribution < -0.4 is 10.1 Å². The summed E-state index contributed by atoms with van der Waals surface area (Å²) in [5.41, 5.74) is 3.38. The van der Waals surface area contributed by atoms with Crippen LogP contribution in [-0.4, -0.2) is 33.2 Å². The van der Waals surface area contributed by atoms with E-state index in [0.717, 1.165) is 19.3 Å². The number of carbonyl (C=O) groups is 1. The molecule has 1 amide bonds. The Balaban J connectivity index is 1.64. The number of ether oxygens (including phenoxy) is 1. The Bertz CT molecular complexity index is 974. The molecule has 0 saturated heterocycles. The molecule has 0 bridgehead atoms. The normalized spacial score (nSPS) is 15.9. The van der Waals surface area contributed by atoms with Crippen molar-refractivity contribution in [2.75, 3.05) is 7.11 Å². The average molecular weight is 384 g/mol. The topological polar surface area (TPSA) is 81.9 Å². The van der Waals surface area contributed by atoms with Gasteiger partial charge in [0.15, 0.2) is 0 Å². The highest BCUT2D eigenvalue weighted by Crippen LogP contribution is 2.32. The number of hydrogen-bond donors (Lipinski definition) is 1. The van der Waals surface area contributed by atoms with Crippen molar-refractivity contribution in [2.45, 2.75) is 25.3 Å². The summed E-state index contributed by atoms with van der Waals surface area (Å²) in [6.07, 6.45) is 4.41. The highest BCUT2D eigenvalue weighted by atomic mass is 35.5. The first-order chi connectivity index (χ1) is 13.2. The van der Waals surface area contributed by atoms with Crippen molar-refractivity contribution in [2.24, 2.45) is 0 Å². The maximum Gasteiger partial charge on any atom is 0.255 e. The van der Waals surface area contributed by atoms with Gasteiger partial charge in [-0.25, -0.2) is 0 Å². The van der Waals surface area contributed by atoms with Crippen LogP contribution in [0.4, 0.5) is 0 Å². The molecule has 1 N–H and O–H groups in total. The van der Waals surface area contributed by atoms with Crippen molar-refractivity contribution < 1.29 is 9.53 Å². The van der Waals surface area contributed by atoms with Crippen molar-refractivity contribution in [3.63, 3.8) is 0 Å². The molecule has 0 aliphatic heterocycles. The molecule has 138 valence electrons. The van der Waals surface area contributed by atoms with E-state index in [1.54, 1.807) is 12.1 Å². The Labute approximate surface area is 161 Å². The van der Waals surface area contributed by atoms with E-state index in [1.807, 2.05) is 12.1 Å². The van der Waals surface area contributed by atoms with Crippen molar-refractivity contribution in [3.05, 3.63) is 64.4 Å². The van der Waals surface area contributed by atoms with Gasteiger partial charge in [-0.1, -0.05) is 35.9 Å². The molecule has 3 aromatic rings. The van der Waals surface area contributed by atoms with Crippen LogP contribution in [0.3, 0.4) is 0 Å². The van der Waals surface area contributed by atoms with Crippen LogP contribution in [0, 0.1) is 0 Å². The third-order valence-electron chi connectivity index (χ3n) is 4.78. The summed E-state index contributed by atoms with van der Waals surface area (Å²) in [7, 11) is 1.51. The Kier molecular flexibility index (Phi) is 4.77. The number of tetrazole rings is 1. The molecule has 0 unspecified atom stereocenters. The molecule has 2 aromatic carbocycles. The molecule has 0 saturated carbocycles. The first-order valence-electron chi connectivity index (χ1n) is 8.67. The van der Waals surface area contributed by atoms with Gasteiger partial charge < -0.3 is 10.1 Å². The smallest absolute Gasteiger partial charge is 0.255 e. The zero-order valence-corrected chi connectivity index (χ0v) is 15.5. The van der Waals surface area contributed by atoms with Gasteiger partial charge in [0.25, 0.3) is 5.91 Å². The molecule has 1 heterocycles. The Hall–Kier alpha value is -2.93. The lowest BCUT2D eigenvalue weighted by Gasteiger charge is -2.26. The largest absolute Gasteiger partial charge is 0.496 e. The second-order valence-corrected chi connectivity index (χ2v) is 6.78. The molecular formula is C19H18ClN5O2. The minimum Gasteiger partial charge on any atom is -0.496 e. The fourth-order valence-electron chi connectivity index (χ4n) is 3.48. The van der Waals surface area contributed by atoms with Crippen molar-refractivity contribution in [3.8, 4) is 11.4 Å². The molecule has 0 spiro atoms. The van der Waals surface area contributed by atoms with Gasteiger partial charge in [-0.15, -0.1) is 5.10 Å². The molecule has 1 atom stereocenters. The molecule has 0 radical (unpaired) electrons. The number of methoxy groups -OCH3 is 1. The number of aromatic nitrogens is 4. The van der Waals surface area contributed by atoms with Crippen molar-refractivity contribution >= 4 is 17.5 Å². The standard InChI is InChI=1S/C19H18ClN5O2/c1-27-18-10-17(25-11-21-23-24-25)15(20)9-14(18)19(26)22-16-8-4-6-12-5-2-3-7-13(12)16/h2-3,5,7,9-11,16H,4,6,8H2,1H3,(H,22,26)/t16-/m1/s1. The predicted molar refractivity (Wildman–Crippen MR) is 100 cm³/mol. The Morgan fingerprint density at radius 3 is 2.96 bits per heavy atom. The SMILES string of the molecule is COc1cc(-n2cnnn2)c(Cl)cc1C(=O)N[C@@H]1CCCc2ccccc21. The van der Waals surface area contributed by atoms with Crippen LogP contribution >= 0.6 is 11.6 Å². The molecule has 0 fully saturated rings. The van der Waals surface area contributed by atoms with Gasteiger partial charge in [0.05, 0.1) is 29.4 Å². The van der Waals surface area contributed by atoms with Crippen molar-refractivity contribution in [1.82, 2.24) is 25.5 Å². The summed E-state index contributed by atoms with van der Waals surface area (Å²) in [5.74, 6) is 0.185. The van der Waals surface area contributed by atoms with E-state index >= 15 is 0 Å². The van der Waals surface area contributed by atoms with Gasteiger partial charge in [0, 0.05) is 6.07 Å². The second kappa shape index (κ2) is 7.36. The van der Waals surface area contributed by atoms with Gasteiger partial charge in [-0.2, -0.15) is 4.68 Å². The molecule has 1 aromatic heterocycles. The van der Waals surface area contributed by atoms with Crippen LogP contribution in [0.2, 0.25) is 5.02 Å². The molecule has 27 heavy (non-hydrogen) atoms. The number of carbonyl (C=O) groups excluding carboxylic acids is 1. The fourth-order valence-corrected chi connectivity index (χ4v) is 3.73. The number of nitrogens with one attached hydrogen (secondary N) is 1. The van der Waals surface area contributed by atoms with Gasteiger partial charge in [-0.3, -0.25) is 4.79 Å². The number of aryl methyl sites for hydroxylation is 1. The molecule has 1 aliphatic carbocycles. The summed E-state index contributed by atoms with van der Waals surface area (Å²) < 4.78 is 6.84. The predicted octanol–water partition coefficient (Wildman–Crippen LogP) is 3.13. The lowest BCUT2D eigenvalue weighted by atomic mass is 9.87. The third-order valence-corrected chi connectivity index (χ3v) is 5.09. The van der Waals surface area contributed by atoms with Gasteiger partial charge in [0.2, 0.25) is 0 Å². The van der Waals surface area contributed by atoms with Gasteiger partial charge in [-0.05, 0) is 46.9 Å². The van der Waals surface area contributed by atoms with E-state index < -0.39 is 0 Å². The molecule has 1 aliphatic rings. The molecule has 8 heteroatoms. The summed E-state index contributed by atoms with van der Waals surface area (Å²) >= 11 is 6.37. The molecule has 7 nitrogen and oxygen atoms in total. The van der Waals surface area contributed by atoms with E-state index in [2.05, 4.69) is 33.0 Å². The minimum atomic E-state index is -0.223. The zero-order valence-electron chi connectivity index (χ0n) is 14.7. The highest BCUT2D eigenvalue weighted by Gasteiger charge is 2.24. The number of amides is 1. The van der Waals surface area contributed by atoms with E-state index in [1.165, 1.54) is 29.2 Å². The summed E-state index contributed by atoms with van der Waals surface area (Å²) in [6, 6.07) is 11.4. The van der Waals surface area contributed by atoms with Crippen LogP contribution in [0.15, 0.2) is 42.7 Å². The van der Waals surface area contributed by atoms with E-state index in [-0.39, 0.29) is 11.9 Å². The molecular weight excluding hydrogens is 366 g/mol. The highest BCUT2D eigenvalue weighted by molar-refractivity contribution is 6.33. The number of halogens is 1. The Morgan fingerprint density at radius 2 is 2.19 bits per heavy atom. The first-order valence-corrected chi connectivity index (χ1v) is 9.04. The number of rotatable bonds is 4. The number of benzene rings is 2. The van der Waals surface area contributed by atoms with Gasteiger partial charge >= 0.3 is 0 Å². The fraction of sp³-hybridized carbons (Fsp3) is 0.263. The number of hydrogen-bond acceptors (Lipinski definition) is 5. The van der Waals surface area contributed by atoms with Crippen LogP contribution in [-0.2, 0) is 6.42 Å². The average Bonchev–Trinajstić information content (AvgIpc) is 3.22. The van der Waals surface area contributed by atoms with Crippen LogP contribution in [0.1, 0.15) is 40.4 Å². The third kappa shape index (κ3) is 3.38. The minimum absolute atomic E-state index is 0.0230. The zero-order chi connectivity index (χ0) is 18.8. The van der Waals surface area contributed by atoms with Crippen LogP contribution in [0.25, 0.3) is 5.69 Å². The maximum absolute atomic E-state index is 13.0. The number of fused-ring (bicyclic) bond motifs is 1. The van der Waals surface area contributed by atoms with Gasteiger partial charge in [0.1, 0.15) is 12.1 Å². The monoisotopic (exact) mass is 383 g/mol. The molecule has 4 rings (SSSR count). The first kappa shape index (κ1) is 17.5. The summed E-state index contributed by atoms with van der Waals surface area (Å²) in [6.45, 7) is 0. The lowest BCUT2D eigenvalue weighted by molar-refractivity contribution is 0.0929.